The highest BCUT2D eigenvalue weighted by molar-refractivity contribution is 7.73. The van der Waals surface area contributed by atoms with Crippen molar-refractivity contribution < 1.29 is 4.79 Å². The third kappa shape index (κ3) is 4.24. The fourth-order valence-corrected chi connectivity index (χ4v) is 3.04. The Labute approximate surface area is 112 Å². The zero-order valence-electron chi connectivity index (χ0n) is 10.8. The van der Waals surface area contributed by atoms with Gasteiger partial charge in [0.1, 0.15) is 0 Å². The van der Waals surface area contributed by atoms with E-state index in [0.717, 1.165) is 20.9 Å². The maximum atomic E-state index is 11.9. The predicted molar refractivity (Wildman–Crippen MR) is 75.0 cm³/mol. The Hall–Kier alpha value is -0.680. The molecule has 1 heterocycles. The summed E-state index contributed by atoms with van der Waals surface area (Å²) in [6.45, 7) is 8.30. The number of carbonyl (C=O) groups is 1. The SMILES string of the molecule is CCC(NC(=O)Cc1sc(=S)[nH]c1C)C(C)C. The van der Waals surface area contributed by atoms with Crippen LogP contribution in [0.25, 0.3) is 0 Å². The van der Waals surface area contributed by atoms with Crippen LogP contribution in [0.3, 0.4) is 0 Å². The Balaban J connectivity index is 2.61. The fourth-order valence-electron chi connectivity index (χ4n) is 1.75. The number of rotatable bonds is 5. The number of nitrogens with one attached hydrogen (secondary N) is 2. The molecule has 1 aromatic rings. The summed E-state index contributed by atoms with van der Waals surface area (Å²) in [5, 5.41) is 3.07. The lowest BCUT2D eigenvalue weighted by Crippen LogP contribution is -2.38. The molecule has 1 rings (SSSR count). The van der Waals surface area contributed by atoms with Crippen molar-refractivity contribution in [2.45, 2.75) is 46.6 Å². The van der Waals surface area contributed by atoms with Gasteiger partial charge in [0, 0.05) is 16.6 Å². The van der Waals surface area contributed by atoms with Gasteiger partial charge in [-0.15, -0.1) is 11.3 Å². The van der Waals surface area contributed by atoms with E-state index in [0.29, 0.717) is 12.3 Å². The van der Waals surface area contributed by atoms with Crippen molar-refractivity contribution in [3.05, 3.63) is 14.5 Å². The second-order valence-corrected chi connectivity index (χ2v) is 6.34. The van der Waals surface area contributed by atoms with E-state index < -0.39 is 0 Å². The molecule has 0 fully saturated rings. The number of thiazole rings is 1. The van der Waals surface area contributed by atoms with Crippen LogP contribution in [0.2, 0.25) is 0 Å². The summed E-state index contributed by atoms with van der Waals surface area (Å²) in [6.07, 6.45) is 1.39. The molecule has 0 saturated carbocycles. The highest BCUT2D eigenvalue weighted by Crippen LogP contribution is 2.15. The number of aromatic nitrogens is 1. The summed E-state index contributed by atoms with van der Waals surface area (Å²) >= 11 is 6.54. The minimum absolute atomic E-state index is 0.0823. The van der Waals surface area contributed by atoms with E-state index >= 15 is 0 Å². The van der Waals surface area contributed by atoms with Gasteiger partial charge in [0.25, 0.3) is 0 Å². The molecule has 17 heavy (non-hydrogen) atoms. The molecule has 0 aliphatic carbocycles. The number of hydrogen-bond donors (Lipinski definition) is 2. The van der Waals surface area contributed by atoms with Crippen LogP contribution in [-0.2, 0) is 11.2 Å². The number of hydrogen-bond acceptors (Lipinski definition) is 3. The third-order valence-electron chi connectivity index (χ3n) is 2.84. The van der Waals surface area contributed by atoms with Crippen molar-refractivity contribution in [3.63, 3.8) is 0 Å². The van der Waals surface area contributed by atoms with Gasteiger partial charge in [-0.3, -0.25) is 4.79 Å². The zero-order chi connectivity index (χ0) is 13.0. The van der Waals surface area contributed by atoms with Gasteiger partial charge in [-0.2, -0.15) is 0 Å². The maximum Gasteiger partial charge on any atom is 0.225 e. The first kappa shape index (κ1) is 14.4. The van der Waals surface area contributed by atoms with Crippen LogP contribution in [0.4, 0.5) is 0 Å². The molecule has 5 heteroatoms. The van der Waals surface area contributed by atoms with Gasteiger partial charge >= 0.3 is 0 Å². The van der Waals surface area contributed by atoms with E-state index in [-0.39, 0.29) is 11.9 Å². The summed E-state index contributed by atoms with van der Waals surface area (Å²) in [6, 6.07) is 0.259. The summed E-state index contributed by atoms with van der Waals surface area (Å²) in [5.74, 6) is 0.549. The van der Waals surface area contributed by atoms with Gasteiger partial charge < -0.3 is 10.3 Å². The highest BCUT2D eigenvalue weighted by Gasteiger charge is 2.15. The van der Waals surface area contributed by atoms with E-state index in [4.69, 9.17) is 12.2 Å². The normalized spacial score (nSPS) is 12.8. The van der Waals surface area contributed by atoms with Crippen molar-refractivity contribution >= 4 is 29.5 Å². The Morgan fingerprint density at radius 2 is 2.18 bits per heavy atom. The van der Waals surface area contributed by atoms with Gasteiger partial charge in [0.2, 0.25) is 5.91 Å². The highest BCUT2D eigenvalue weighted by atomic mass is 32.1. The van der Waals surface area contributed by atoms with E-state index in [9.17, 15) is 4.79 Å². The zero-order valence-corrected chi connectivity index (χ0v) is 12.4. The monoisotopic (exact) mass is 272 g/mol. The van der Waals surface area contributed by atoms with Crippen LogP contribution in [0.15, 0.2) is 0 Å². The second-order valence-electron chi connectivity index (χ2n) is 4.57. The summed E-state index contributed by atoms with van der Waals surface area (Å²) < 4.78 is 0.737. The first-order valence-electron chi connectivity index (χ1n) is 5.92. The average molecular weight is 272 g/mol. The van der Waals surface area contributed by atoms with Crippen LogP contribution >= 0.6 is 23.6 Å². The largest absolute Gasteiger partial charge is 0.353 e. The smallest absolute Gasteiger partial charge is 0.225 e. The van der Waals surface area contributed by atoms with Crippen molar-refractivity contribution in [2.24, 2.45) is 5.92 Å². The van der Waals surface area contributed by atoms with E-state index in [1.165, 1.54) is 11.3 Å². The molecule has 0 aromatic carbocycles. The van der Waals surface area contributed by atoms with Crippen molar-refractivity contribution in [1.82, 2.24) is 10.3 Å². The molecule has 96 valence electrons. The average Bonchev–Trinajstić information content (AvgIpc) is 2.53. The van der Waals surface area contributed by atoms with Crippen LogP contribution in [0.1, 0.15) is 37.8 Å². The van der Waals surface area contributed by atoms with Crippen molar-refractivity contribution in [2.75, 3.05) is 0 Å². The molecule has 1 atom stereocenters. The number of H-pyrrole nitrogens is 1. The predicted octanol–water partition coefficient (Wildman–Crippen LogP) is 3.21. The molecule has 1 aromatic heterocycles. The van der Waals surface area contributed by atoms with Crippen LogP contribution in [0.5, 0.6) is 0 Å². The van der Waals surface area contributed by atoms with E-state index in [1.807, 2.05) is 6.92 Å². The summed E-state index contributed by atoms with van der Waals surface area (Å²) in [5.41, 5.74) is 1.01. The molecular weight excluding hydrogens is 252 g/mol. The van der Waals surface area contributed by atoms with Gasteiger partial charge in [-0.05, 0) is 31.5 Å². The molecule has 2 N–H and O–H groups in total. The lowest BCUT2D eigenvalue weighted by Gasteiger charge is -2.20. The minimum atomic E-state index is 0.0823. The molecule has 0 aliphatic heterocycles. The summed E-state index contributed by atoms with van der Waals surface area (Å²) in [7, 11) is 0. The summed E-state index contributed by atoms with van der Waals surface area (Å²) in [4.78, 5) is 16.0. The van der Waals surface area contributed by atoms with Crippen molar-refractivity contribution in [1.29, 1.82) is 0 Å². The van der Waals surface area contributed by atoms with E-state index in [1.54, 1.807) is 0 Å². The van der Waals surface area contributed by atoms with Crippen LogP contribution < -0.4 is 5.32 Å². The third-order valence-corrected chi connectivity index (χ3v) is 4.17. The number of aromatic amines is 1. The first-order valence-corrected chi connectivity index (χ1v) is 7.14. The van der Waals surface area contributed by atoms with Crippen LogP contribution in [-0.4, -0.2) is 16.9 Å². The van der Waals surface area contributed by atoms with Gasteiger partial charge in [-0.25, -0.2) is 0 Å². The number of carbonyl (C=O) groups excluding carboxylic acids is 1. The van der Waals surface area contributed by atoms with E-state index in [2.05, 4.69) is 31.1 Å². The Kier molecular flexibility index (Phi) is 5.33. The number of amides is 1. The lowest BCUT2D eigenvalue weighted by molar-refractivity contribution is -0.121. The second kappa shape index (κ2) is 6.31. The molecule has 1 amide bonds. The fraction of sp³-hybridized carbons (Fsp3) is 0.667. The molecule has 3 nitrogen and oxygen atoms in total. The Morgan fingerprint density at radius 1 is 1.53 bits per heavy atom. The lowest BCUT2D eigenvalue weighted by atomic mass is 10.0. The quantitative estimate of drug-likeness (QED) is 0.808. The Morgan fingerprint density at radius 3 is 2.59 bits per heavy atom. The Bertz CT molecular complexity index is 434. The molecule has 1 unspecified atom stereocenters. The first-order chi connectivity index (χ1) is 7.93. The van der Waals surface area contributed by atoms with Gasteiger partial charge in [-0.1, -0.05) is 20.8 Å². The molecular formula is C12H20N2OS2. The molecule has 0 radical (unpaired) electrons. The maximum absolute atomic E-state index is 11.9. The molecule has 0 aliphatic rings. The molecule has 0 bridgehead atoms. The number of aryl methyl sites for hydroxylation is 1. The minimum Gasteiger partial charge on any atom is -0.353 e. The molecule has 0 spiro atoms. The molecule has 0 saturated heterocycles. The van der Waals surface area contributed by atoms with Crippen molar-refractivity contribution in [3.8, 4) is 0 Å². The van der Waals surface area contributed by atoms with Gasteiger partial charge in [0.15, 0.2) is 3.95 Å². The van der Waals surface area contributed by atoms with Crippen LogP contribution in [0, 0.1) is 16.8 Å². The standard InChI is InChI=1S/C12H20N2OS2/c1-5-9(7(2)3)14-11(15)6-10-8(4)13-12(16)17-10/h7,9H,5-6H2,1-4H3,(H,13,16)(H,14,15). The topological polar surface area (TPSA) is 44.9 Å². The van der Waals surface area contributed by atoms with Gasteiger partial charge in [0.05, 0.1) is 6.42 Å².